The minimum atomic E-state index is -4.96. The van der Waals surface area contributed by atoms with E-state index in [0.29, 0.717) is 22.0 Å². The molecule has 11 heteroatoms. The maximum Gasteiger partial charge on any atom is 0.416 e. The van der Waals surface area contributed by atoms with Crippen LogP contribution in [0.15, 0.2) is 28.1 Å². The van der Waals surface area contributed by atoms with Gasteiger partial charge in [-0.2, -0.15) is 31.3 Å². The van der Waals surface area contributed by atoms with E-state index in [4.69, 9.17) is 16.1 Å². The molecule has 0 radical (unpaired) electrons. The van der Waals surface area contributed by atoms with Crippen LogP contribution < -0.4 is 0 Å². The number of alkyl halides is 6. The number of aromatic nitrogens is 2. The van der Waals surface area contributed by atoms with Gasteiger partial charge in [0.05, 0.1) is 16.1 Å². The predicted molar refractivity (Wildman–Crippen MR) is 82.8 cm³/mol. The fraction of sp³-hybridized carbons (Fsp3) is 0.200. The van der Waals surface area contributed by atoms with Crippen LogP contribution in [0.5, 0.6) is 0 Å². The Kier molecular flexibility index (Phi) is 4.51. The van der Waals surface area contributed by atoms with Crippen LogP contribution in [0.4, 0.5) is 26.3 Å². The molecule has 0 saturated heterocycles. The second-order valence-electron chi connectivity index (χ2n) is 5.28. The van der Waals surface area contributed by atoms with Gasteiger partial charge in [-0.25, -0.2) is 0 Å². The SMILES string of the molecule is Cc1csc(-c2nc(-c3cc(C(F)(F)F)cc(C(F)(F)F)c3)no2)c1Cl. The van der Waals surface area contributed by atoms with E-state index in [2.05, 4.69) is 10.1 Å². The van der Waals surface area contributed by atoms with Crippen molar-refractivity contribution in [3.63, 3.8) is 0 Å². The van der Waals surface area contributed by atoms with Gasteiger partial charge in [0.1, 0.15) is 4.88 Å². The second-order valence-corrected chi connectivity index (χ2v) is 6.54. The molecule has 0 atom stereocenters. The van der Waals surface area contributed by atoms with E-state index in [9.17, 15) is 26.3 Å². The molecule has 0 spiro atoms. The predicted octanol–water partition coefficient (Wildman–Crippen LogP) is 6.46. The summed E-state index contributed by atoms with van der Waals surface area (Å²) in [6.45, 7) is 1.72. The number of hydrogen-bond acceptors (Lipinski definition) is 4. The van der Waals surface area contributed by atoms with E-state index in [1.165, 1.54) is 0 Å². The van der Waals surface area contributed by atoms with Crippen molar-refractivity contribution in [3.8, 4) is 22.2 Å². The highest BCUT2D eigenvalue weighted by atomic mass is 35.5. The minimum Gasteiger partial charge on any atom is -0.333 e. The third-order valence-electron chi connectivity index (χ3n) is 3.37. The molecule has 0 bridgehead atoms. The molecule has 0 aliphatic heterocycles. The van der Waals surface area contributed by atoms with Crippen LogP contribution in [0.1, 0.15) is 16.7 Å². The molecular formula is C15H7ClF6N2OS. The third kappa shape index (κ3) is 3.56. The fourth-order valence-electron chi connectivity index (χ4n) is 2.09. The van der Waals surface area contributed by atoms with Crippen molar-refractivity contribution in [1.82, 2.24) is 10.1 Å². The maximum atomic E-state index is 12.9. The summed E-state index contributed by atoms with van der Waals surface area (Å²) in [4.78, 5) is 4.27. The molecule has 2 heterocycles. The summed E-state index contributed by atoms with van der Waals surface area (Å²) >= 11 is 7.22. The largest absolute Gasteiger partial charge is 0.416 e. The van der Waals surface area contributed by atoms with Crippen molar-refractivity contribution in [1.29, 1.82) is 0 Å². The van der Waals surface area contributed by atoms with Crippen LogP contribution in [0.2, 0.25) is 5.02 Å². The Labute approximate surface area is 151 Å². The van der Waals surface area contributed by atoms with Gasteiger partial charge in [-0.05, 0) is 36.1 Å². The summed E-state index contributed by atoms with van der Waals surface area (Å²) in [7, 11) is 0. The fourth-order valence-corrected chi connectivity index (χ4v) is 3.29. The van der Waals surface area contributed by atoms with Crippen LogP contribution in [0.3, 0.4) is 0 Å². The van der Waals surface area contributed by atoms with E-state index in [1.54, 1.807) is 12.3 Å². The molecule has 3 rings (SSSR count). The van der Waals surface area contributed by atoms with Crippen molar-refractivity contribution >= 4 is 22.9 Å². The van der Waals surface area contributed by atoms with E-state index >= 15 is 0 Å². The standard InChI is InChI=1S/C15H7ClF6N2OS/c1-6-5-26-11(10(6)16)13-23-12(24-25-13)7-2-8(14(17,18)19)4-9(3-7)15(20,21)22/h2-5H,1H3. The molecule has 3 nitrogen and oxygen atoms in total. The summed E-state index contributed by atoms with van der Waals surface area (Å²) in [5, 5.41) is 5.51. The summed E-state index contributed by atoms with van der Waals surface area (Å²) in [5.74, 6) is -0.493. The number of rotatable bonds is 2. The van der Waals surface area contributed by atoms with Gasteiger partial charge in [0, 0.05) is 5.56 Å². The Balaban J connectivity index is 2.11. The first-order valence-corrected chi connectivity index (χ1v) is 8.10. The molecule has 0 amide bonds. The molecule has 0 fully saturated rings. The molecule has 0 unspecified atom stereocenters. The van der Waals surface area contributed by atoms with Crippen molar-refractivity contribution in [2.24, 2.45) is 0 Å². The molecule has 0 N–H and O–H groups in total. The lowest BCUT2D eigenvalue weighted by Crippen LogP contribution is -2.11. The van der Waals surface area contributed by atoms with E-state index in [0.717, 1.165) is 16.9 Å². The van der Waals surface area contributed by atoms with Gasteiger partial charge in [0.25, 0.3) is 5.89 Å². The number of halogens is 7. The summed E-state index contributed by atoms with van der Waals surface area (Å²) in [6.07, 6.45) is -9.92. The van der Waals surface area contributed by atoms with Gasteiger partial charge in [0.2, 0.25) is 5.82 Å². The molecular weight excluding hydrogens is 406 g/mol. The zero-order valence-electron chi connectivity index (χ0n) is 12.7. The minimum absolute atomic E-state index is 0.0317. The lowest BCUT2D eigenvalue weighted by molar-refractivity contribution is -0.143. The quantitative estimate of drug-likeness (QED) is 0.453. The number of hydrogen-bond donors (Lipinski definition) is 0. The monoisotopic (exact) mass is 412 g/mol. The normalized spacial score (nSPS) is 12.6. The Bertz CT molecular complexity index is 928. The lowest BCUT2D eigenvalue weighted by atomic mass is 10.0. The number of nitrogens with zero attached hydrogens (tertiary/aromatic N) is 2. The Morgan fingerprint density at radius 1 is 1.00 bits per heavy atom. The van der Waals surface area contributed by atoms with Gasteiger partial charge < -0.3 is 4.52 Å². The van der Waals surface area contributed by atoms with Gasteiger partial charge in [0.15, 0.2) is 0 Å². The average molecular weight is 413 g/mol. The maximum absolute atomic E-state index is 12.9. The molecule has 0 saturated carbocycles. The number of thiophene rings is 1. The highest BCUT2D eigenvalue weighted by Crippen LogP contribution is 2.39. The second kappa shape index (κ2) is 6.27. The van der Waals surface area contributed by atoms with E-state index in [-0.39, 0.29) is 12.0 Å². The van der Waals surface area contributed by atoms with Crippen molar-refractivity contribution in [2.75, 3.05) is 0 Å². The topological polar surface area (TPSA) is 38.9 Å². The van der Waals surface area contributed by atoms with Gasteiger partial charge in [-0.1, -0.05) is 16.8 Å². The molecule has 138 valence electrons. The van der Waals surface area contributed by atoms with Gasteiger partial charge >= 0.3 is 12.4 Å². The van der Waals surface area contributed by atoms with E-state index in [1.807, 2.05) is 0 Å². The first-order chi connectivity index (χ1) is 12.0. The number of aryl methyl sites for hydroxylation is 1. The molecule has 2 aromatic heterocycles. The highest BCUT2D eigenvalue weighted by Gasteiger charge is 2.37. The zero-order valence-corrected chi connectivity index (χ0v) is 14.2. The summed E-state index contributed by atoms with van der Waals surface area (Å²) < 4.78 is 82.5. The Hall–Kier alpha value is -2.07. The Morgan fingerprint density at radius 3 is 2.04 bits per heavy atom. The van der Waals surface area contributed by atoms with Gasteiger partial charge in [-0.3, -0.25) is 0 Å². The summed E-state index contributed by atoms with van der Waals surface area (Å²) in [6, 6.07) is 1.10. The highest BCUT2D eigenvalue weighted by molar-refractivity contribution is 7.14. The zero-order chi connectivity index (χ0) is 19.3. The van der Waals surface area contributed by atoms with Crippen molar-refractivity contribution in [2.45, 2.75) is 19.3 Å². The van der Waals surface area contributed by atoms with E-state index < -0.39 is 34.9 Å². The molecule has 0 aliphatic rings. The molecule has 1 aromatic carbocycles. The van der Waals surface area contributed by atoms with Crippen LogP contribution in [-0.2, 0) is 12.4 Å². The number of benzene rings is 1. The van der Waals surface area contributed by atoms with Crippen LogP contribution >= 0.6 is 22.9 Å². The summed E-state index contributed by atoms with van der Waals surface area (Å²) in [5.41, 5.74) is -2.66. The Morgan fingerprint density at radius 2 is 1.58 bits per heavy atom. The first-order valence-electron chi connectivity index (χ1n) is 6.84. The lowest BCUT2D eigenvalue weighted by Gasteiger charge is -2.12. The molecule has 0 aliphatic carbocycles. The van der Waals surface area contributed by atoms with Crippen LogP contribution in [-0.4, -0.2) is 10.1 Å². The molecule has 26 heavy (non-hydrogen) atoms. The first kappa shape index (κ1) is 18.7. The molecule has 3 aromatic rings. The van der Waals surface area contributed by atoms with Crippen LogP contribution in [0, 0.1) is 6.92 Å². The van der Waals surface area contributed by atoms with Crippen molar-refractivity contribution < 1.29 is 30.9 Å². The van der Waals surface area contributed by atoms with Gasteiger partial charge in [-0.15, -0.1) is 11.3 Å². The van der Waals surface area contributed by atoms with Crippen molar-refractivity contribution in [3.05, 3.63) is 45.3 Å². The average Bonchev–Trinajstić information content (AvgIpc) is 3.13. The smallest absolute Gasteiger partial charge is 0.333 e. The third-order valence-corrected chi connectivity index (χ3v) is 5.05. The van der Waals surface area contributed by atoms with Crippen LogP contribution in [0.25, 0.3) is 22.2 Å².